The van der Waals surface area contributed by atoms with Gasteiger partial charge in [0.15, 0.2) is 0 Å². The van der Waals surface area contributed by atoms with Crippen molar-refractivity contribution < 1.29 is 19.1 Å². The Kier molecular flexibility index (Phi) is 7.53. The first-order chi connectivity index (χ1) is 11.7. The minimum atomic E-state index is -0.288. The van der Waals surface area contributed by atoms with E-state index in [9.17, 15) is 9.59 Å². The molecule has 0 spiro atoms. The van der Waals surface area contributed by atoms with E-state index < -0.39 is 0 Å². The lowest BCUT2D eigenvalue weighted by atomic mass is 9.86. The van der Waals surface area contributed by atoms with Crippen LogP contribution in [0.1, 0.15) is 50.5 Å². The molecule has 0 aliphatic heterocycles. The second-order valence-electron chi connectivity index (χ2n) is 6.33. The van der Waals surface area contributed by atoms with Gasteiger partial charge in [-0.2, -0.15) is 0 Å². The monoisotopic (exact) mass is 330 g/mol. The summed E-state index contributed by atoms with van der Waals surface area (Å²) < 4.78 is 10.1. The van der Waals surface area contributed by atoms with E-state index in [0.717, 1.165) is 49.7 Å². The Balaban J connectivity index is 1.79. The smallest absolute Gasteiger partial charge is 0.330 e. The largest absolute Gasteiger partial charge is 0.466 e. The van der Waals surface area contributed by atoms with Crippen LogP contribution in [0.25, 0.3) is 0 Å². The summed E-state index contributed by atoms with van der Waals surface area (Å²) in [6.45, 7) is 0.333. The third kappa shape index (κ3) is 6.57. The number of esters is 2. The Labute approximate surface area is 143 Å². The topological polar surface area (TPSA) is 52.6 Å². The lowest BCUT2D eigenvalue weighted by Gasteiger charge is -2.20. The number of carbonyl (C=O) groups excluding carboxylic acids is 2. The summed E-state index contributed by atoms with van der Waals surface area (Å²) in [7, 11) is 1.40. The Hall–Kier alpha value is -2.10. The molecule has 1 fully saturated rings. The minimum absolute atomic E-state index is 0.136. The van der Waals surface area contributed by atoms with Gasteiger partial charge < -0.3 is 9.47 Å². The molecule has 0 N–H and O–H groups in total. The second kappa shape index (κ2) is 9.91. The fourth-order valence-electron chi connectivity index (χ4n) is 3.05. The van der Waals surface area contributed by atoms with Gasteiger partial charge in [0.2, 0.25) is 0 Å². The maximum Gasteiger partial charge on any atom is 0.330 e. The molecule has 0 amide bonds. The highest BCUT2D eigenvalue weighted by Crippen LogP contribution is 2.28. The van der Waals surface area contributed by atoms with E-state index in [-0.39, 0.29) is 11.9 Å². The lowest BCUT2D eigenvalue weighted by Crippen LogP contribution is -2.14. The van der Waals surface area contributed by atoms with Gasteiger partial charge in [-0.25, -0.2) is 4.79 Å². The summed E-state index contributed by atoms with van der Waals surface area (Å²) in [6.07, 6.45) is 7.96. The van der Waals surface area contributed by atoms with E-state index in [1.165, 1.54) is 7.11 Å². The van der Waals surface area contributed by atoms with Crippen LogP contribution >= 0.6 is 0 Å². The highest BCUT2D eigenvalue weighted by atomic mass is 16.5. The van der Waals surface area contributed by atoms with Crippen LogP contribution in [-0.2, 0) is 25.7 Å². The average Bonchev–Trinajstić information content (AvgIpc) is 2.59. The molecule has 4 heteroatoms. The summed E-state index contributed by atoms with van der Waals surface area (Å²) in [5.74, 6) is -0.0954. The highest BCUT2D eigenvalue weighted by molar-refractivity contribution is 5.82. The van der Waals surface area contributed by atoms with Gasteiger partial charge in [0, 0.05) is 12.5 Å². The van der Waals surface area contributed by atoms with Crippen molar-refractivity contribution in [1.29, 1.82) is 0 Å². The van der Waals surface area contributed by atoms with E-state index in [1.54, 1.807) is 6.08 Å². The highest BCUT2D eigenvalue weighted by Gasteiger charge is 2.18. The summed E-state index contributed by atoms with van der Waals surface area (Å²) >= 11 is 0. The van der Waals surface area contributed by atoms with Crippen molar-refractivity contribution in [1.82, 2.24) is 0 Å². The molecule has 0 radical (unpaired) electrons. The van der Waals surface area contributed by atoms with Gasteiger partial charge in [-0.15, -0.1) is 0 Å². The number of ether oxygens (including phenoxy) is 2. The average molecular weight is 330 g/mol. The van der Waals surface area contributed by atoms with E-state index in [0.29, 0.717) is 18.9 Å². The molecule has 1 saturated carbocycles. The molecule has 1 aromatic carbocycles. The Morgan fingerprint density at radius 2 is 1.92 bits per heavy atom. The molecular weight excluding hydrogens is 304 g/mol. The number of methoxy groups -OCH3 is 1. The van der Waals surface area contributed by atoms with Gasteiger partial charge in [-0.05, 0) is 43.6 Å². The SMILES string of the molecule is COC(=O)C=C1CCCCC(CC(=O)OCc2ccccc2)CC1. The van der Waals surface area contributed by atoms with Crippen LogP contribution in [0.4, 0.5) is 0 Å². The summed E-state index contributed by atoms with van der Waals surface area (Å²) in [5, 5.41) is 0. The molecule has 130 valence electrons. The molecule has 1 unspecified atom stereocenters. The fraction of sp³-hybridized carbons (Fsp3) is 0.500. The van der Waals surface area contributed by atoms with Gasteiger partial charge in [-0.3, -0.25) is 4.79 Å². The van der Waals surface area contributed by atoms with Crippen molar-refractivity contribution in [3.8, 4) is 0 Å². The van der Waals surface area contributed by atoms with Crippen LogP contribution in [0.3, 0.4) is 0 Å². The maximum absolute atomic E-state index is 12.1. The van der Waals surface area contributed by atoms with Crippen LogP contribution in [0.15, 0.2) is 42.0 Å². The zero-order chi connectivity index (χ0) is 17.2. The van der Waals surface area contributed by atoms with Crippen LogP contribution in [-0.4, -0.2) is 19.0 Å². The standard InChI is InChI=1S/C20H26O4/c1-23-19(21)13-16-7-5-6-8-17(12-11-16)14-20(22)24-15-18-9-3-2-4-10-18/h2-4,9-10,13,17H,5-8,11-12,14-15H2,1H3. The summed E-state index contributed by atoms with van der Waals surface area (Å²) in [6, 6.07) is 9.72. The molecule has 1 aliphatic carbocycles. The summed E-state index contributed by atoms with van der Waals surface area (Å²) in [4.78, 5) is 23.5. The number of benzene rings is 1. The molecule has 1 atom stereocenters. The lowest BCUT2D eigenvalue weighted by molar-refractivity contribution is -0.146. The Morgan fingerprint density at radius 3 is 2.67 bits per heavy atom. The van der Waals surface area contributed by atoms with Crippen LogP contribution in [0.5, 0.6) is 0 Å². The van der Waals surface area contributed by atoms with E-state index in [4.69, 9.17) is 9.47 Å². The number of rotatable bonds is 5. The number of hydrogen-bond donors (Lipinski definition) is 0. The van der Waals surface area contributed by atoms with Gasteiger partial charge in [0.25, 0.3) is 0 Å². The minimum Gasteiger partial charge on any atom is -0.466 e. The Bertz CT molecular complexity index is 562. The molecule has 0 bridgehead atoms. The molecule has 0 aromatic heterocycles. The molecule has 4 nitrogen and oxygen atoms in total. The molecule has 1 aromatic rings. The van der Waals surface area contributed by atoms with Gasteiger partial charge in [0.1, 0.15) is 6.61 Å². The number of hydrogen-bond acceptors (Lipinski definition) is 4. The molecule has 0 heterocycles. The number of allylic oxidation sites excluding steroid dienone is 1. The predicted molar refractivity (Wildman–Crippen MR) is 92.1 cm³/mol. The van der Waals surface area contributed by atoms with Crippen molar-refractivity contribution >= 4 is 11.9 Å². The molecule has 0 saturated heterocycles. The first kappa shape index (κ1) is 18.2. The molecule has 1 aliphatic rings. The third-order valence-corrected chi connectivity index (χ3v) is 4.46. The van der Waals surface area contributed by atoms with E-state index >= 15 is 0 Å². The first-order valence-corrected chi connectivity index (χ1v) is 8.64. The van der Waals surface area contributed by atoms with Crippen molar-refractivity contribution in [2.75, 3.05) is 7.11 Å². The first-order valence-electron chi connectivity index (χ1n) is 8.64. The molecule has 24 heavy (non-hydrogen) atoms. The normalized spacial score (nSPS) is 20.0. The van der Waals surface area contributed by atoms with Gasteiger partial charge >= 0.3 is 11.9 Å². The quantitative estimate of drug-likeness (QED) is 0.600. The van der Waals surface area contributed by atoms with Gasteiger partial charge in [0.05, 0.1) is 7.11 Å². The molecular formula is C20H26O4. The van der Waals surface area contributed by atoms with Crippen molar-refractivity contribution in [3.05, 3.63) is 47.5 Å². The zero-order valence-electron chi connectivity index (χ0n) is 14.3. The van der Waals surface area contributed by atoms with Crippen LogP contribution in [0.2, 0.25) is 0 Å². The number of carbonyl (C=O) groups is 2. The molecule has 2 rings (SSSR count). The third-order valence-electron chi connectivity index (χ3n) is 4.46. The van der Waals surface area contributed by atoms with Crippen LogP contribution in [0, 0.1) is 5.92 Å². The zero-order valence-corrected chi connectivity index (χ0v) is 14.3. The summed E-state index contributed by atoms with van der Waals surface area (Å²) in [5.41, 5.74) is 2.14. The van der Waals surface area contributed by atoms with Crippen molar-refractivity contribution in [3.63, 3.8) is 0 Å². The Morgan fingerprint density at radius 1 is 1.12 bits per heavy atom. The van der Waals surface area contributed by atoms with E-state index in [2.05, 4.69) is 0 Å². The maximum atomic E-state index is 12.1. The van der Waals surface area contributed by atoms with Gasteiger partial charge in [-0.1, -0.05) is 42.3 Å². The van der Waals surface area contributed by atoms with Crippen molar-refractivity contribution in [2.24, 2.45) is 5.92 Å². The van der Waals surface area contributed by atoms with E-state index in [1.807, 2.05) is 30.3 Å². The van der Waals surface area contributed by atoms with Crippen LogP contribution < -0.4 is 0 Å². The predicted octanol–water partition coefficient (Wildman–Crippen LogP) is 4.19. The second-order valence-corrected chi connectivity index (χ2v) is 6.33. The van der Waals surface area contributed by atoms with Crippen molar-refractivity contribution in [2.45, 2.75) is 51.6 Å². The fourth-order valence-corrected chi connectivity index (χ4v) is 3.05.